The Balaban J connectivity index is 0.000000882. The summed E-state index contributed by atoms with van der Waals surface area (Å²) in [5, 5.41) is 0.784. The first-order chi connectivity index (χ1) is 9.72. The fourth-order valence-corrected chi connectivity index (χ4v) is 3.71. The van der Waals surface area contributed by atoms with Gasteiger partial charge in [0.05, 0.1) is 0 Å². The molecule has 2 atom stereocenters. The van der Waals surface area contributed by atoms with Crippen molar-refractivity contribution in [3.63, 3.8) is 0 Å². The maximum Gasteiger partial charge on any atom is 0.131 e. The second-order valence-electron chi connectivity index (χ2n) is 5.76. The molecule has 0 spiro atoms. The van der Waals surface area contributed by atoms with Crippen molar-refractivity contribution < 1.29 is 15.7 Å². The first kappa shape index (κ1) is 19.7. The van der Waals surface area contributed by atoms with Crippen molar-refractivity contribution in [3.8, 4) is 11.5 Å². The van der Waals surface area contributed by atoms with Gasteiger partial charge < -0.3 is 20.6 Å². The Bertz CT molecular complexity index is 681. The second kappa shape index (κ2) is 7.51. The van der Waals surface area contributed by atoms with Gasteiger partial charge in [-0.25, -0.2) is 0 Å². The van der Waals surface area contributed by atoms with Crippen LogP contribution < -0.4 is 4.74 Å². The second-order valence-corrected chi connectivity index (χ2v) is 6.19. The number of nitrogens with zero attached hydrogens (tertiary/aromatic N) is 1. The Labute approximate surface area is 147 Å². The van der Waals surface area contributed by atoms with E-state index in [-0.39, 0.29) is 23.4 Å². The molecule has 23 heavy (non-hydrogen) atoms. The van der Waals surface area contributed by atoms with Crippen molar-refractivity contribution in [3.05, 3.63) is 58.6 Å². The van der Waals surface area contributed by atoms with Crippen LogP contribution in [0.1, 0.15) is 23.0 Å². The van der Waals surface area contributed by atoms with Gasteiger partial charge in [-0.05, 0) is 36.9 Å². The number of likely N-dealkylation sites (N-methyl/N-ethyl adjacent to an activating group) is 1. The summed E-state index contributed by atoms with van der Waals surface area (Å²) in [4.78, 5) is 2.39. The molecule has 4 rings (SSSR count). The van der Waals surface area contributed by atoms with Crippen LogP contribution in [0.2, 0.25) is 5.02 Å². The van der Waals surface area contributed by atoms with E-state index in [0.717, 1.165) is 29.6 Å². The third kappa shape index (κ3) is 3.32. The molecule has 0 saturated carbocycles. The van der Waals surface area contributed by atoms with E-state index >= 15 is 0 Å². The lowest BCUT2D eigenvalue weighted by atomic mass is 9.84. The van der Waals surface area contributed by atoms with Crippen LogP contribution in [0.25, 0.3) is 0 Å². The summed E-state index contributed by atoms with van der Waals surface area (Å²) in [6.45, 7) is 2.12. The van der Waals surface area contributed by atoms with Crippen LogP contribution in [0.3, 0.4) is 0 Å². The van der Waals surface area contributed by atoms with Crippen LogP contribution in [0.5, 0.6) is 11.5 Å². The minimum absolute atomic E-state index is 0. The molecule has 4 N–H and O–H groups in total. The summed E-state index contributed by atoms with van der Waals surface area (Å²) in [5.74, 6) is 2.87. The van der Waals surface area contributed by atoms with Crippen LogP contribution >= 0.6 is 24.0 Å². The molecule has 0 aromatic heterocycles. The summed E-state index contributed by atoms with van der Waals surface area (Å²) >= 11 is 6.20. The lowest BCUT2D eigenvalue weighted by molar-refractivity contribution is 0.401. The van der Waals surface area contributed by atoms with Crippen LogP contribution in [0.4, 0.5) is 0 Å². The van der Waals surface area contributed by atoms with E-state index in [4.69, 9.17) is 16.3 Å². The van der Waals surface area contributed by atoms with Gasteiger partial charge in [0, 0.05) is 35.5 Å². The van der Waals surface area contributed by atoms with E-state index in [0.29, 0.717) is 11.8 Å². The number of halogens is 2. The molecule has 2 heterocycles. The Hall–Kier alpha value is -1.30. The highest BCUT2D eigenvalue weighted by atomic mass is 35.5. The quantitative estimate of drug-likeness (QED) is 0.726. The van der Waals surface area contributed by atoms with Gasteiger partial charge in [-0.15, -0.1) is 12.4 Å². The number of hydrogen-bond donors (Lipinski definition) is 0. The average Bonchev–Trinajstić information content (AvgIpc) is 2.78. The number of para-hydroxylation sites is 1. The van der Waals surface area contributed by atoms with Crippen LogP contribution in [0.15, 0.2) is 42.5 Å². The molecule has 0 bridgehead atoms. The molecule has 4 nitrogen and oxygen atoms in total. The van der Waals surface area contributed by atoms with Gasteiger partial charge in [0.1, 0.15) is 11.5 Å². The van der Waals surface area contributed by atoms with E-state index in [9.17, 15) is 0 Å². The van der Waals surface area contributed by atoms with E-state index in [2.05, 4.69) is 36.2 Å². The number of fused-ring (bicyclic) bond motifs is 5. The topological polar surface area (TPSA) is 75.5 Å². The predicted octanol–water partition coefficient (Wildman–Crippen LogP) is 3.03. The van der Waals surface area contributed by atoms with Crippen molar-refractivity contribution in [1.29, 1.82) is 0 Å². The first-order valence-corrected chi connectivity index (χ1v) is 7.35. The third-order valence-corrected chi connectivity index (χ3v) is 4.65. The normalized spacial score (nSPS) is 21.1. The molecule has 6 heteroatoms. The Morgan fingerprint density at radius 3 is 2.30 bits per heavy atom. The number of hydrogen-bond acceptors (Lipinski definition) is 2. The molecule has 2 aromatic carbocycles. The SMILES string of the molecule is CN1C[C@@H]2c3ccccc3Oc3ccc(Cl)cc3[C@H]2C1.Cl.O.O. The lowest BCUT2D eigenvalue weighted by Crippen LogP contribution is -2.14. The summed E-state index contributed by atoms with van der Waals surface area (Å²) in [7, 11) is 2.18. The minimum Gasteiger partial charge on any atom is -0.457 e. The predicted molar refractivity (Wildman–Crippen MR) is 95.4 cm³/mol. The molecule has 2 aliphatic heterocycles. The van der Waals surface area contributed by atoms with Gasteiger partial charge in [-0.3, -0.25) is 0 Å². The van der Waals surface area contributed by atoms with Crippen LogP contribution in [-0.4, -0.2) is 36.0 Å². The Morgan fingerprint density at radius 2 is 1.57 bits per heavy atom. The lowest BCUT2D eigenvalue weighted by Gasteiger charge is -2.17. The monoisotopic (exact) mass is 357 g/mol. The fourth-order valence-electron chi connectivity index (χ4n) is 3.53. The van der Waals surface area contributed by atoms with Crippen LogP contribution in [-0.2, 0) is 0 Å². The largest absolute Gasteiger partial charge is 0.457 e. The first-order valence-electron chi connectivity index (χ1n) is 6.97. The van der Waals surface area contributed by atoms with Crippen molar-refractivity contribution in [1.82, 2.24) is 4.90 Å². The fraction of sp³-hybridized carbons (Fsp3) is 0.294. The number of ether oxygens (including phenoxy) is 1. The summed E-state index contributed by atoms with van der Waals surface area (Å²) < 4.78 is 6.15. The number of likely N-dealkylation sites (tertiary alicyclic amines) is 1. The van der Waals surface area contributed by atoms with E-state index in [1.54, 1.807) is 0 Å². The molecular weight excluding hydrogens is 337 g/mol. The zero-order valence-corrected chi connectivity index (χ0v) is 14.3. The molecular formula is C17H21Cl2NO3. The summed E-state index contributed by atoms with van der Waals surface area (Å²) in [6, 6.07) is 14.4. The van der Waals surface area contributed by atoms with Crippen molar-refractivity contribution in [2.75, 3.05) is 20.1 Å². The van der Waals surface area contributed by atoms with Gasteiger partial charge in [-0.2, -0.15) is 0 Å². The zero-order chi connectivity index (χ0) is 13.7. The maximum absolute atomic E-state index is 6.20. The summed E-state index contributed by atoms with van der Waals surface area (Å²) in [6.07, 6.45) is 0. The highest BCUT2D eigenvalue weighted by molar-refractivity contribution is 6.30. The number of benzene rings is 2. The molecule has 0 unspecified atom stereocenters. The molecule has 0 radical (unpaired) electrons. The zero-order valence-electron chi connectivity index (χ0n) is 12.8. The van der Waals surface area contributed by atoms with E-state index < -0.39 is 0 Å². The number of rotatable bonds is 0. The summed E-state index contributed by atoms with van der Waals surface area (Å²) in [5.41, 5.74) is 2.55. The molecule has 2 aromatic rings. The van der Waals surface area contributed by atoms with Gasteiger partial charge in [-0.1, -0.05) is 29.8 Å². The highest BCUT2D eigenvalue weighted by Crippen LogP contribution is 2.49. The molecule has 1 saturated heterocycles. The van der Waals surface area contributed by atoms with E-state index in [1.165, 1.54) is 11.1 Å². The molecule has 1 fully saturated rings. The van der Waals surface area contributed by atoms with Gasteiger partial charge in [0.15, 0.2) is 0 Å². The minimum atomic E-state index is 0. The highest BCUT2D eigenvalue weighted by Gasteiger charge is 2.38. The Morgan fingerprint density at radius 1 is 0.957 bits per heavy atom. The standard InChI is InChI=1S/C17H16ClNO.ClH.2H2O/c1-19-9-14-12-4-2-3-5-16(12)20-17-7-6-11(18)8-13(17)15(14)10-19;;;/h2-8,14-15H,9-10H2,1H3;1H;2*1H2/t14-,15-;;;/m1.../s1. The van der Waals surface area contributed by atoms with Gasteiger partial charge in [0.2, 0.25) is 0 Å². The smallest absolute Gasteiger partial charge is 0.131 e. The third-order valence-electron chi connectivity index (χ3n) is 4.41. The average molecular weight is 358 g/mol. The molecule has 0 amide bonds. The van der Waals surface area contributed by atoms with E-state index in [1.807, 2.05) is 18.2 Å². The molecule has 2 aliphatic rings. The maximum atomic E-state index is 6.20. The van der Waals surface area contributed by atoms with Gasteiger partial charge >= 0.3 is 0 Å². The van der Waals surface area contributed by atoms with Crippen molar-refractivity contribution >= 4 is 24.0 Å². The van der Waals surface area contributed by atoms with Crippen LogP contribution in [0, 0.1) is 0 Å². The molecule has 0 aliphatic carbocycles. The Kier molecular flexibility index (Phi) is 6.45. The van der Waals surface area contributed by atoms with Crippen molar-refractivity contribution in [2.45, 2.75) is 11.8 Å². The van der Waals surface area contributed by atoms with Gasteiger partial charge in [0.25, 0.3) is 0 Å². The van der Waals surface area contributed by atoms with Crippen molar-refractivity contribution in [2.24, 2.45) is 0 Å². The molecule has 126 valence electrons.